The Bertz CT molecular complexity index is 3090. The van der Waals surface area contributed by atoms with E-state index in [1.54, 1.807) is 0 Å². The van der Waals surface area contributed by atoms with Crippen LogP contribution in [-0.4, -0.2) is 24.8 Å². The third-order valence-electron chi connectivity index (χ3n) is 10.8. The minimum Gasteiger partial charge on any atom is -0.346 e. The van der Waals surface area contributed by atoms with Crippen LogP contribution in [0.5, 0.6) is 0 Å². The lowest BCUT2D eigenvalue weighted by Gasteiger charge is -2.27. The van der Waals surface area contributed by atoms with Gasteiger partial charge in [-0.25, -0.2) is 15.0 Å². The number of para-hydroxylation sites is 2. The van der Waals surface area contributed by atoms with Crippen molar-refractivity contribution in [2.24, 2.45) is 4.99 Å². The molecule has 6 nitrogen and oxygen atoms in total. The molecule has 0 aliphatic carbocycles. The first kappa shape index (κ1) is 31.9. The van der Waals surface area contributed by atoms with E-state index in [0.29, 0.717) is 5.95 Å². The first-order valence-electron chi connectivity index (χ1n) is 18.9. The standard InChI is InChI=1S/C50H34N6/c1-5-17-33(18-6-1)39-31-40(34-19-7-2-8-20-34)52-49(51-39)55-43-27-15-13-25-37(43)47-45(55)29-30-46-48(47)38-26-14-16-28-44(38)56(46)50-53-41(35-21-9-3-10-22-35)32-42(54-50)36-23-11-4-12-24-36/h1-32,49,51H. The van der Waals surface area contributed by atoms with Crippen LogP contribution in [0.2, 0.25) is 0 Å². The van der Waals surface area contributed by atoms with Crippen molar-refractivity contribution >= 4 is 55.0 Å². The zero-order chi connectivity index (χ0) is 37.0. The number of fused-ring (bicyclic) bond motifs is 7. The van der Waals surface area contributed by atoms with Gasteiger partial charge in [0.1, 0.15) is 0 Å². The maximum Gasteiger partial charge on any atom is 0.235 e. The van der Waals surface area contributed by atoms with Crippen molar-refractivity contribution < 1.29 is 0 Å². The monoisotopic (exact) mass is 718 g/mol. The van der Waals surface area contributed by atoms with Crippen molar-refractivity contribution in [1.29, 1.82) is 0 Å². The highest BCUT2D eigenvalue weighted by molar-refractivity contribution is 6.28. The number of aromatic nitrogens is 4. The van der Waals surface area contributed by atoms with Gasteiger partial charge in [-0.1, -0.05) is 158 Å². The van der Waals surface area contributed by atoms with E-state index in [-0.39, 0.29) is 0 Å². The summed E-state index contributed by atoms with van der Waals surface area (Å²) in [5, 5.41) is 8.46. The Kier molecular flexibility index (Phi) is 7.45. The van der Waals surface area contributed by atoms with Gasteiger partial charge in [0.25, 0.3) is 0 Å². The van der Waals surface area contributed by atoms with Crippen LogP contribution in [0, 0.1) is 0 Å². The van der Waals surface area contributed by atoms with Crippen LogP contribution < -0.4 is 5.32 Å². The van der Waals surface area contributed by atoms with Gasteiger partial charge in [0.15, 0.2) is 0 Å². The lowest BCUT2D eigenvalue weighted by Crippen LogP contribution is -2.29. The number of nitrogens with one attached hydrogen (secondary N) is 1. The molecule has 1 N–H and O–H groups in total. The SMILES string of the molecule is C1=C(c2ccccc2)NC(n2c3ccccc3c3c4c5ccccc5n(-c5nc(-c6ccccc6)cc(-c6ccccc6)n5)c4ccc32)N=C1c1ccccc1. The second-order valence-electron chi connectivity index (χ2n) is 14.1. The molecule has 0 saturated heterocycles. The maximum absolute atomic E-state index is 5.41. The molecule has 6 heteroatoms. The molecule has 0 bridgehead atoms. The molecule has 56 heavy (non-hydrogen) atoms. The molecular formula is C50H34N6. The van der Waals surface area contributed by atoms with E-state index in [2.05, 4.69) is 190 Å². The van der Waals surface area contributed by atoms with Crippen LogP contribution in [0.3, 0.4) is 0 Å². The zero-order valence-electron chi connectivity index (χ0n) is 30.3. The van der Waals surface area contributed by atoms with Crippen molar-refractivity contribution in [2.45, 2.75) is 6.29 Å². The Balaban J connectivity index is 1.18. The lowest BCUT2D eigenvalue weighted by atomic mass is 10.0. The lowest BCUT2D eigenvalue weighted by molar-refractivity contribution is 0.508. The second-order valence-corrected chi connectivity index (χ2v) is 14.1. The summed E-state index contributed by atoms with van der Waals surface area (Å²) in [4.78, 5) is 16.0. The number of benzene rings is 7. The quantitative estimate of drug-likeness (QED) is 0.186. The van der Waals surface area contributed by atoms with E-state index in [9.17, 15) is 0 Å². The van der Waals surface area contributed by atoms with Crippen LogP contribution >= 0.6 is 0 Å². The molecular weight excluding hydrogens is 685 g/mol. The highest BCUT2D eigenvalue weighted by Crippen LogP contribution is 2.43. The van der Waals surface area contributed by atoms with Crippen molar-refractivity contribution in [1.82, 2.24) is 24.4 Å². The Morgan fingerprint density at radius 1 is 0.429 bits per heavy atom. The first-order valence-corrected chi connectivity index (χ1v) is 18.9. The minimum absolute atomic E-state index is 0.405. The molecule has 7 aromatic carbocycles. The average Bonchev–Trinajstić information content (AvgIpc) is 3.80. The Labute approximate surface area is 323 Å². The Hall–Kier alpha value is -7.57. The van der Waals surface area contributed by atoms with Crippen molar-refractivity contribution in [3.8, 4) is 28.5 Å². The van der Waals surface area contributed by atoms with Gasteiger partial charge in [-0.15, -0.1) is 0 Å². The van der Waals surface area contributed by atoms with Crippen LogP contribution in [-0.2, 0) is 0 Å². The molecule has 0 fully saturated rings. The molecule has 0 spiro atoms. The molecule has 3 aromatic heterocycles. The second kappa shape index (κ2) is 13.1. The predicted octanol–water partition coefficient (Wildman–Crippen LogP) is 11.6. The molecule has 11 rings (SSSR count). The van der Waals surface area contributed by atoms with E-state index in [1.165, 1.54) is 5.39 Å². The van der Waals surface area contributed by atoms with Gasteiger partial charge in [0, 0.05) is 38.4 Å². The van der Waals surface area contributed by atoms with E-state index in [0.717, 1.165) is 83.3 Å². The fourth-order valence-corrected chi connectivity index (χ4v) is 8.27. The highest BCUT2D eigenvalue weighted by Gasteiger charge is 2.26. The van der Waals surface area contributed by atoms with Gasteiger partial charge in [-0.05, 0) is 47.5 Å². The Morgan fingerprint density at radius 2 is 0.911 bits per heavy atom. The maximum atomic E-state index is 5.41. The summed E-state index contributed by atoms with van der Waals surface area (Å²) in [7, 11) is 0. The number of allylic oxidation sites excluding steroid dienone is 1. The van der Waals surface area contributed by atoms with E-state index in [1.807, 2.05) is 18.2 Å². The summed E-state index contributed by atoms with van der Waals surface area (Å²) in [6.45, 7) is 0. The molecule has 10 aromatic rings. The first-order chi connectivity index (χ1) is 27.8. The van der Waals surface area contributed by atoms with Gasteiger partial charge in [0.2, 0.25) is 12.2 Å². The summed E-state index contributed by atoms with van der Waals surface area (Å²) in [5.74, 6) is 0.628. The normalized spacial score (nSPS) is 14.2. The largest absolute Gasteiger partial charge is 0.346 e. The van der Waals surface area contributed by atoms with E-state index in [4.69, 9.17) is 15.0 Å². The highest BCUT2D eigenvalue weighted by atomic mass is 15.3. The molecule has 4 heterocycles. The van der Waals surface area contributed by atoms with Gasteiger partial charge >= 0.3 is 0 Å². The molecule has 1 unspecified atom stereocenters. The summed E-state index contributed by atoms with van der Waals surface area (Å²) >= 11 is 0. The van der Waals surface area contributed by atoms with Gasteiger partial charge in [-0.3, -0.25) is 4.57 Å². The third kappa shape index (κ3) is 5.22. The van der Waals surface area contributed by atoms with Gasteiger partial charge < -0.3 is 9.88 Å². The number of hydrogen-bond donors (Lipinski definition) is 1. The predicted molar refractivity (Wildman–Crippen MR) is 230 cm³/mol. The van der Waals surface area contributed by atoms with Crippen LogP contribution in [0.25, 0.3) is 77.8 Å². The molecule has 0 amide bonds. The van der Waals surface area contributed by atoms with E-state index < -0.39 is 6.29 Å². The molecule has 1 aliphatic heterocycles. The number of rotatable bonds is 6. The van der Waals surface area contributed by atoms with Crippen LogP contribution in [0.4, 0.5) is 0 Å². The molecule has 0 saturated carbocycles. The van der Waals surface area contributed by atoms with Gasteiger partial charge in [0.05, 0.1) is 39.2 Å². The molecule has 1 atom stereocenters. The number of aliphatic imine (C=N–C) groups is 1. The zero-order valence-corrected chi connectivity index (χ0v) is 30.3. The van der Waals surface area contributed by atoms with Crippen molar-refractivity contribution in [2.75, 3.05) is 0 Å². The fourth-order valence-electron chi connectivity index (χ4n) is 8.27. The fraction of sp³-hybridized carbons (Fsp3) is 0.0200. The van der Waals surface area contributed by atoms with Crippen molar-refractivity contribution in [3.05, 3.63) is 205 Å². The Morgan fingerprint density at radius 3 is 1.54 bits per heavy atom. The summed E-state index contributed by atoms with van der Waals surface area (Å²) in [6.07, 6.45) is 1.76. The number of hydrogen-bond acceptors (Lipinski definition) is 4. The summed E-state index contributed by atoms with van der Waals surface area (Å²) in [6, 6.07) is 65.5. The summed E-state index contributed by atoms with van der Waals surface area (Å²) < 4.78 is 4.59. The third-order valence-corrected chi connectivity index (χ3v) is 10.8. The van der Waals surface area contributed by atoms with E-state index >= 15 is 0 Å². The van der Waals surface area contributed by atoms with Crippen molar-refractivity contribution in [3.63, 3.8) is 0 Å². The molecule has 0 radical (unpaired) electrons. The van der Waals surface area contributed by atoms with Crippen LogP contribution in [0.1, 0.15) is 17.4 Å². The topological polar surface area (TPSA) is 60.0 Å². The minimum atomic E-state index is -0.405. The average molecular weight is 719 g/mol. The summed E-state index contributed by atoms with van der Waals surface area (Å²) in [5.41, 5.74) is 12.2. The molecule has 264 valence electrons. The van der Waals surface area contributed by atoms with Crippen LogP contribution in [0.15, 0.2) is 199 Å². The number of nitrogens with zero attached hydrogens (tertiary/aromatic N) is 5. The molecule has 1 aliphatic rings. The van der Waals surface area contributed by atoms with Gasteiger partial charge in [-0.2, -0.15) is 0 Å². The smallest absolute Gasteiger partial charge is 0.235 e.